The topological polar surface area (TPSA) is 99.0 Å². The minimum Gasteiger partial charge on any atom is -0.361 e. The largest absolute Gasteiger partial charge is 0.361 e. The lowest BCUT2D eigenvalue weighted by Crippen LogP contribution is -2.56. The predicted octanol–water partition coefficient (Wildman–Crippen LogP) is 3.05. The third-order valence-corrected chi connectivity index (χ3v) is 7.96. The van der Waals surface area contributed by atoms with Crippen molar-refractivity contribution in [1.29, 1.82) is 0 Å². The van der Waals surface area contributed by atoms with Gasteiger partial charge >= 0.3 is 6.03 Å². The zero-order valence-corrected chi connectivity index (χ0v) is 20.8. The molecular formula is C25H39N5O4. The van der Waals surface area contributed by atoms with Crippen LogP contribution in [0.2, 0.25) is 0 Å². The summed E-state index contributed by atoms with van der Waals surface area (Å²) in [4.78, 5) is 45.0. The van der Waals surface area contributed by atoms with Crippen molar-refractivity contribution >= 4 is 17.8 Å². The van der Waals surface area contributed by atoms with Crippen molar-refractivity contribution in [2.24, 2.45) is 5.92 Å². The number of nitrogens with one attached hydrogen (secondary N) is 1. The van der Waals surface area contributed by atoms with Crippen LogP contribution in [0.3, 0.4) is 0 Å². The first-order valence-corrected chi connectivity index (χ1v) is 13.0. The molecule has 4 rings (SSSR count). The van der Waals surface area contributed by atoms with Gasteiger partial charge in [0.1, 0.15) is 11.3 Å². The number of rotatable bonds is 9. The van der Waals surface area contributed by atoms with Gasteiger partial charge in [0, 0.05) is 38.2 Å². The number of piperidine rings is 1. The first-order valence-electron chi connectivity index (χ1n) is 13.0. The number of carbonyl (C=O) groups is 3. The minimum atomic E-state index is -0.856. The Morgan fingerprint density at radius 1 is 1.18 bits per heavy atom. The van der Waals surface area contributed by atoms with Crippen LogP contribution in [0.15, 0.2) is 10.6 Å². The Morgan fingerprint density at radius 2 is 1.94 bits per heavy atom. The Labute approximate surface area is 202 Å². The SMILES string of the molecule is CCCc1cc(C(=O)N2CCC([C@@]3(CCC)NC(=O)N(CC[C@H]4CCCN4C)C3=O)CC2)no1. The van der Waals surface area contributed by atoms with E-state index in [2.05, 4.69) is 36.3 Å². The van der Waals surface area contributed by atoms with Crippen LogP contribution in [-0.2, 0) is 11.2 Å². The molecule has 0 spiro atoms. The van der Waals surface area contributed by atoms with E-state index in [0.717, 1.165) is 44.4 Å². The van der Waals surface area contributed by atoms with Gasteiger partial charge in [-0.25, -0.2) is 4.79 Å². The molecule has 3 saturated heterocycles. The summed E-state index contributed by atoms with van der Waals surface area (Å²) in [5, 5.41) is 7.06. The standard InChI is InChI=1S/C25H39N5O4/c1-4-7-20-17-21(27-34-20)22(31)29-14-9-18(10-15-29)25(12-5-2)23(32)30(24(33)26-25)16-11-19-8-6-13-28(19)3/h17-19H,4-16H2,1-3H3,(H,26,33)/t19-,25-/m1/s1. The Kier molecular flexibility index (Phi) is 7.60. The summed E-state index contributed by atoms with van der Waals surface area (Å²) in [6.45, 7) is 6.74. The fourth-order valence-corrected chi connectivity index (χ4v) is 6.03. The van der Waals surface area contributed by atoms with E-state index in [1.165, 1.54) is 11.3 Å². The number of likely N-dealkylation sites (tertiary alicyclic amines) is 2. The molecule has 34 heavy (non-hydrogen) atoms. The molecule has 2 atom stereocenters. The van der Waals surface area contributed by atoms with Crippen LogP contribution in [0.4, 0.5) is 4.79 Å². The van der Waals surface area contributed by atoms with Crippen LogP contribution >= 0.6 is 0 Å². The van der Waals surface area contributed by atoms with Crippen molar-refractivity contribution in [3.8, 4) is 0 Å². The number of hydrogen-bond donors (Lipinski definition) is 1. The Bertz CT molecular complexity index is 894. The van der Waals surface area contributed by atoms with E-state index in [1.807, 2.05) is 0 Å². The quantitative estimate of drug-likeness (QED) is 0.554. The van der Waals surface area contributed by atoms with E-state index < -0.39 is 5.54 Å². The molecule has 0 unspecified atom stereocenters. The van der Waals surface area contributed by atoms with Crippen LogP contribution < -0.4 is 5.32 Å². The van der Waals surface area contributed by atoms with Gasteiger partial charge in [0.15, 0.2) is 5.69 Å². The van der Waals surface area contributed by atoms with Gasteiger partial charge in [0.05, 0.1) is 0 Å². The average Bonchev–Trinajstić information content (AvgIpc) is 3.52. The maximum Gasteiger partial charge on any atom is 0.325 e. The molecule has 9 heteroatoms. The van der Waals surface area contributed by atoms with Gasteiger partial charge in [-0.15, -0.1) is 0 Å². The van der Waals surface area contributed by atoms with Gasteiger partial charge in [-0.3, -0.25) is 14.5 Å². The Hall–Kier alpha value is -2.42. The van der Waals surface area contributed by atoms with E-state index in [4.69, 9.17) is 4.52 Å². The number of hydrogen-bond acceptors (Lipinski definition) is 6. The van der Waals surface area contributed by atoms with Crippen molar-refractivity contribution in [3.05, 3.63) is 17.5 Å². The van der Waals surface area contributed by atoms with Crippen molar-refractivity contribution in [1.82, 2.24) is 25.2 Å². The first kappa shape index (κ1) is 24.7. The number of amides is 4. The summed E-state index contributed by atoms with van der Waals surface area (Å²) in [6.07, 6.45) is 7.60. The zero-order valence-electron chi connectivity index (χ0n) is 20.8. The van der Waals surface area contributed by atoms with Gasteiger partial charge in [-0.2, -0.15) is 0 Å². The minimum absolute atomic E-state index is 0.0139. The van der Waals surface area contributed by atoms with Gasteiger partial charge in [0.2, 0.25) is 0 Å². The third kappa shape index (κ3) is 4.72. The second kappa shape index (κ2) is 10.5. The van der Waals surface area contributed by atoms with Crippen molar-refractivity contribution in [3.63, 3.8) is 0 Å². The molecule has 3 fully saturated rings. The average molecular weight is 474 g/mol. The fourth-order valence-electron chi connectivity index (χ4n) is 6.03. The highest BCUT2D eigenvalue weighted by Crippen LogP contribution is 2.37. The van der Waals surface area contributed by atoms with Crippen molar-refractivity contribution in [2.45, 2.75) is 83.2 Å². The highest BCUT2D eigenvalue weighted by atomic mass is 16.5. The molecule has 3 aliphatic rings. The number of urea groups is 1. The Balaban J connectivity index is 1.39. The lowest BCUT2D eigenvalue weighted by molar-refractivity contribution is -0.134. The summed E-state index contributed by atoms with van der Waals surface area (Å²) < 4.78 is 5.27. The molecule has 0 aliphatic carbocycles. The zero-order chi connectivity index (χ0) is 24.3. The van der Waals surface area contributed by atoms with Gasteiger partial charge in [-0.1, -0.05) is 25.4 Å². The number of imide groups is 1. The van der Waals surface area contributed by atoms with Crippen LogP contribution in [0.5, 0.6) is 0 Å². The number of carbonyl (C=O) groups excluding carboxylic acids is 3. The maximum absolute atomic E-state index is 13.6. The highest BCUT2D eigenvalue weighted by Gasteiger charge is 2.55. The lowest BCUT2D eigenvalue weighted by atomic mass is 9.74. The van der Waals surface area contributed by atoms with E-state index in [9.17, 15) is 14.4 Å². The van der Waals surface area contributed by atoms with Crippen LogP contribution in [0.1, 0.15) is 81.5 Å². The molecule has 0 bridgehead atoms. The number of nitrogens with zero attached hydrogens (tertiary/aromatic N) is 4. The predicted molar refractivity (Wildman–Crippen MR) is 127 cm³/mol. The fraction of sp³-hybridized carbons (Fsp3) is 0.760. The van der Waals surface area contributed by atoms with Crippen molar-refractivity contribution < 1.29 is 18.9 Å². The lowest BCUT2D eigenvalue weighted by Gasteiger charge is -2.40. The smallest absolute Gasteiger partial charge is 0.325 e. The molecule has 4 heterocycles. The van der Waals surface area contributed by atoms with E-state index in [1.54, 1.807) is 11.0 Å². The van der Waals surface area contributed by atoms with Gasteiger partial charge in [0.25, 0.3) is 11.8 Å². The molecule has 4 amide bonds. The molecule has 0 radical (unpaired) electrons. The Morgan fingerprint density at radius 3 is 2.59 bits per heavy atom. The molecule has 9 nitrogen and oxygen atoms in total. The summed E-state index contributed by atoms with van der Waals surface area (Å²) in [7, 11) is 2.11. The summed E-state index contributed by atoms with van der Waals surface area (Å²) >= 11 is 0. The van der Waals surface area contributed by atoms with E-state index in [-0.39, 0.29) is 23.8 Å². The molecule has 3 aliphatic heterocycles. The molecular weight excluding hydrogens is 434 g/mol. The van der Waals surface area contributed by atoms with Crippen LogP contribution in [0, 0.1) is 5.92 Å². The molecule has 0 saturated carbocycles. The summed E-state index contributed by atoms with van der Waals surface area (Å²) in [6, 6.07) is 1.91. The normalized spacial score (nSPS) is 26.5. The monoisotopic (exact) mass is 473 g/mol. The van der Waals surface area contributed by atoms with Crippen molar-refractivity contribution in [2.75, 3.05) is 33.2 Å². The summed E-state index contributed by atoms with van der Waals surface area (Å²) in [5.74, 6) is 0.537. The molecule has 1 aromatic rings. The first-order chi connectivity index (χ1) is 16.4. The second-order valence-corrected chi connectivity index (χ2v) is 10.2. The van der Waals surface area contributed by atoms with E-state index >= 15 is 0 Å². The highest BCUT2D eigenvalue weighted by molar-refractivity contribution is 6.07. The third-order valence-electron chi connectivity index (χ3n) is 7.96. The maximum atomic E-state index is 13.6. The number of aryl methyl sites for hydroxylation is 1. The van der Waals surface area contributed by atoms with Gasteiger partial charge in [-0.05, 0) is 64.5 Å². The van der Waals surface area contributed by atoms with E-state index in [0.29, 0.717) is 50.6 Å². The van der Waals surface area contributed by atoms with Gasteiger partial charge < -0.3 is 19.6 Å². The molecule has 188 valence electrons. The molecule has 1 aromatic heterocycles. The van der Waals surface area contributed by atoms with Crippen LogP contribution in [-0.4, -0.2) is 82.5 Å². The van der Waals surface area contributed by atoms with Crippen LogP contribution in [0.25, 0.3) is 0 Å². The second-order valence-electron chi connectivity index (χ2n) is 10.2. The summed E-state index contributed by atoms with van der Waals surface area (Å²) in [5.41, 5.74) is -0.511. The number of aromatic nitrogens is 1. The molecule has 1 N–H and O–H groups in total. The molecule has 0 aromatic carbocycles.